The molecular formula is C11H11N5OS. The van der Waals surface area contributed by atoms with Gasteiger partial charge in [0.05, 0.1) is 18.1 Å². The summed E-state index contributed by atoms with van der Waals surface area (Å²) < 4.78 is 2.50. The fourth-order valence-corrected chi connectivity index (χ4v) is 2.03. The van der Waals surface area contributed by atoms with Gasteiger partial charge in [0.2, 0.25) is 0 Å². The summed E-state index contributed by atoms with van der Waals surface area (Å²) in [6.07, 6.45) is 3.27. The molecule has 0 saturated heterocycles. The quantitative estimate of drug-likeness (QED) is 0.880. The largest absolute Gasteiger partial charge is 0.342 e. The van der Waals surface area contributed by atoms with Crippen LogP contribution in [0.3, 0.4) is 0 Å². The topological polar surface area (TPSA) is 94.5 Å². The van der Waals surface area contributed by atoms with Gasteiger partial charge < -0.3 is 5.32 Å². The van der Waals surface area contributed by atoms with Gasteiger partial charge in [-0.25, -0.2) is 9.97 Å². The minimum absolute atomic E-state index is 0.0768. The lowest BCUT2D eigenvalue weighted by atomic mass is 10.2. The van der Waals surface area contributed by atoms with Crippen LogP contribution in [0.2, 0.25) is 0 Å². The second-order valence-corrected chi connectivity index (χ2v) is 4.78. The van der Waals surface area contributed by atoms with Crippen LogP contribution in [0.15, 0.2) is 17.2 Å². The van der Waals surface area contributed by atoms with E-state index in [9.17, 15) is 4.79 Å². The number of hydrogen-bond acceptors (Lipinski definition) is 6. The zero-order valence-electron chi connectivity index (χ0n) is 9.89. The Kier molecular flexibility index (Phi) is 3.39. The summed E-state index contributed by atoms with van der Waals surface area (Å²) in [5.41, 5.74) is 0.337. The van der Waals surface area contributed by atoms with E-state index in [2.05, 4.69) is 19.7 Å². The van der Waals surface area contributed by atoms with Gasteiger partial charge in [0, 0.05) is 5.92 Å². The van der Waals surface area contributed by atoms with Gasteiger partial charge in [-0.1, -0.05) is 13.8 Å². The van der Waals surface area contributed by atoms with E-state index < -0.39 is 0 Å². The molecule has 92 valence electrons. The number of H-pyrrole nitrogens is 1. The molecule has 6 nitrogen and oxygen atoms in total. The summed E-state index contributed by atoms with van der Waals surface area (Å²) in [5, 5.41) is 12.3. The third-order valence-corrected chi connectivity index (χ3v) is 3.06. The summed E-state index contributed by atoms with van der Waals surface area (Å²) in [6.45, 7) is 4.02. The summed E-state index contributed by atoms with van der Waals surface area (Å²) in [5.74, 6) is 1.01. The second-order valence-electron chi connectivity index (χ2n) is 3.96. The highest BCUT2D eigenvalue weighted by molar-refractivity contribution is 7.10. The summed E-state index contributed by atoms with van der Waals surface area (Å²) in [6, 6.07) is 1.86. The zero-order chi connectivity index (χ0) is 13.1. The maximum Gasteiger partial charge on any atom is 0.278 e. The molecule has 0 fully saturated rings. The Balaban J connectivity index is 2.24. The normalized spacial score (nSPS) is 10.3. The summed E-state index contributed by atoms with van der Waals surface area (Å²) >= 11 is 1.08. The zero-order valence-corrected chi connectivity index (χ0v) is 10.7. The van der Waals surface area contributed by atoms with Crippen molar-refractivity contribution in [3.8, 4) is 6.07 Å². The number of hydrogen-bond donors (Lipinski definition) is 2. The van der Waals surface area contributed by atoms with Gasteiger partial charge in [-0.05, 0) is 11.5 Å². The van der Waals surface area contributed by atoms with E-state index in [4.69, 9.17) is 5.26 Å². The van der Waals surface area contributed by atoms with Crippen molar-refractivity contribution in [2.75, 3.05) is 5.32 Å². The van der Waals surface area contributed by atoms with E-state index in [0.717, 1.165) is 17.4 Å². The molecule has 0 aliphatic rings. The van der Waals surface area contributed by atoms with Crippen LogP contribution >= 0.6 is 11.5 Å². The number of nitrogens with one attached hydrogen (secondary N) is 2. The molecule has 0 aliphatic heterocycles. The van der Waals surface area contributed by atoms with E-state index in [1.54, 1.807) is 12.4 Å². The highest BCUT2D eigenvalue weighted by atomic mass is 32.1. The van der Waals surface area contributed by atoms with Crippen molar-refractivity contribution in [3.63, 3.8) is 0 Å². The fourth-order valence-electron chi connectivity index (χ4n) is 1.32. The second kappa shape index (κ2) is 4.98. The Morgan fingerprint density at radius 1 is 1.44 bits per heavy atom. The van der Waals surface area contributed by atoms with Crippen molar-refractivity contribution in [2.24, 2.45) is 0 Å². The van der Waals surface area contributed by atoms with Gasteiger partial charge in [-0.3, -0.25) is 9.17 Å². The number of nitriles is 1. The molecule has 2 N–H and O–H groups in total. The minimum atomic E-state index is -0.385. The van der Waals surface area contributed by atoms with Crippen molar-refractivity contribution >= 4 is 22.2 Å². The molecule has 7 heteroatoms. The molecule has 0 saturated carbocycles. The Morgan fingerprint density at radius 3 is 2.67 bits per heavy atom. The standard InChI is InChI=1S/C11H11N5OS/c1-6(2)9-13-4-7(5-14-9)15-11-8(3-12)10(17)16-18-11/h4-6,15H,1-2H3,(H,16,17). The van der Waals surface area contributed by atoms with Crippen molar-refractivity contribution < 1.29 is 0 Å². The smallest absolute Gasteiger partial charge is 0.278 e. The van der Waals surface area contributed by atoms with Crippen molar-refractivity contribution in [1.82, 2.24) is 14.3 Å². The molecule has 0 aliphatic carbocycles. The molecular weight excluding hydrogens is 250 g/mol. The van der Waals surface area contributed by atoms with Crippen LogP contribution in [0.4, 0.5) is 10.7 Å². The molecule has 0 amide bonds. The first kappa shape index (κ1) is 12.3. The van der Waals surface area contributed by atoms with E-state index in [1.807, 2.05) is 19.9 Å². The molecule has 0 atom stereocenters. The van der Waals surface area contributed by atoms with Gasteiger partial charge in [0.15, 0.2) is 5.56 Å². The molecule has 2 heterocycles. The van der Waals surface area contributed by atoms with E-state index in [1.165, 1.54) is 0 Å². The van der Waals surface area contributed by atoms with Gasteiger partial charge >= 0.3 is 0 Å². The molecule has 0 unspecified atom stereocenters. The molecule has 0 bridgehead atoms. The van der Waals surface area contributed by atoms with Gasteiger partial charge in [0.1, 0.15) is 16.9 Å². The van der Waals surface area contributed by atoms with E-state index in [-0.39, 0.29) is 17.0 Å². The lowest BCUT2D eigenvalue weighted by Crippen LogP contribution is -2.03. The monoisotopic (exact) mass is 261 g/mol. The first-order valence-corrected chi connectivity index (χ1v) is 6.14. The summed E-state index contributed by atoms with van der Waals surface area (Å²) in [7, 11) is 0. The Morgan fingerprint density at radius 2 is 2.11 bits per heavy atom. The number of anilines is 2. The van der Waals surface area contributed by atoms with Gasteiger partial charge in [0.25, 0.3) is 5.56 Å². The molecule has 2 aromatic heterocycles. The number of nitrogens with zero attached hydrogens (tertiary/aromatic N) is 3. The number of aromatic nitrogens is 3. The lowest BCUT2D eigenvalue weighted by Gasteiger charge is -2.05. The van der Waals surface area contributed by atoms with Crippen LogP contribution in [0, 0.1) is 11.3 Å². The van der Waals surface area contributed by atoms with E-state index in [0.29, 0.717) is 10.7 Å². The number of rotatable bonds is 3. The highest BCUT2D eigenvalue weighted by Crippen LogP contribution is 2.21. The Labute approximate surface area is 107 Å². The summed E-state index contributed by atoms with van der Waals surface area (Å²) in [4.78, 5) is 19.7. The molecule has 0 aromatic carbocycles. The predicted octanol–water partition coefficient (Wildman–Crippen LogP) is 1.97. The lowest BCUT2D eigenvalue weighted by molar-refractivity contribution is 0.775. The maximum atomic E-state index is 11.3. The van der Waals surface area contributed by atoms with Crippen LogP contribution in [-0.4, -0.2) is 14.3 Å². The third kappa shape index (κ3) is 2.38. The number of aromatic amines is 1. The van der Waals surface area contributed by atoms with E-state index >= 15 is 0 Å². The van der Waals surface area contributed by atoms with Crippen LogP contribution in [-0.2, 0) is 0 Å². The maximum absolute atomic E-state index is 11.3. The molecule has 0 radical (unpaired) electrons. The van der Waals surface area contributed by atoms with Gasteiger partial charge in [-0.15, -0.1) is 0 Å². The average molecular weight is 261 g/mol. The van der Waals surface area contributed by atoms with Crippen molar-refractivity contribution in [3.05, 3.63) is 34.1 Å². The van der Waals surface area contributed by atoms with Crippen LogP contribution in [0.25, 0.3) is 0 Å². The fraction of sp³-hybridized carbons (Fsp3) is 0.273. The highest BCUT2D eigenvalue weighted by Gasteiger charge is 2.10. The average Bonchev–Trinajstić information content (AvgIpc) is 2.70. The van der Waals surface area contributed by atoms with Crippen LogP contribution in [0.1, 0.15) is 31.2 Å². The van der Waals surface area contributed by atoms with Gasteiger partial charge in [-0.2, -0.15) is 5.26 Å². The molecule has 0 spiro atoms. The Hall–Kier alpha value is -2.20. The van der Waals surface area contributed by atoms with Crippen LogP contribution < -0.4 is 10.9 Å². The first-order chi connectivity index (χ1) is 8.61. The van der Waals surface area contributed by atoms with Crippen molar-refractivity contribution in [1.29, 1.82) is 5.26 Å². The molecule has 2 rings (SSSR count). The van der Waals surface area contributed by atoms with Crippen LogP contribution in [0.5, 0.6) is 0 Å². The molecule has 2 aromatic rings. The SMILES string of the molecule is CC(C)c1ncc(Nc2s[nH]c(=O)c2C#N)cn1. The Bertz CT molecular complexity index is 635. The predicted molar refractivity (Wildman–Crippen MR) is 69.1 cm³/mol. The third-order valence-electron chi connectivity index (χ3n) is 2.26. The minimum Gasteiger partial charge on any atom is -0.342 e. The molecule has 18 heavy (non-hydrogen) atoms. The van der Waals surface area contributed by atoms with Crippen molar-refractivity contribution in [2.45, 2.75) is 19.8 Å². The first-order valence-electron chi connectivity index (χ1n) is 5.32.